The molecule has 0 saturated heterocycles. The standard InChI is InChI=1S/C7H20O2Si2/c1-10(2)8-6-7-9-11(3,4)5/h10H,6-7H2,1-5H3. The molecule has 0 aliphatic carbocycles. The van der Waals surface area contributed by atoms with Gasteiger partial charge in [-0.3, -0.25) is 0 Å². The summed E-state index contributed by atoms with van der Waals surface area (Å²) >= 11 is 0. The maximum Gasteiger partial charge on any atom is 0.183 e. The van der Waals surface area contributed by atoms with E-state index in [4.69, 9.17) is 8.85 Å². The molecule has 0 heterocycles. The molecule has 0 aromatic rings. The molecule has 0 rings (SSSR count). The SMILES string of the molecule is C[SiH](C)OCCO[Si](C)(C)C. The van der Waals surface area contributed by atoms with E-state index in [0.29, 0.717) is 0 Å². The second kappa shape index (κ2) is 5.08. The molecule has 68 valence electrons. The summed E-state index contributed by atoms with van der Waals surface area (Å²) in [5, 5.41) is 0. The lowest BCUT2D eigenvalue weighted by Gasteiger charge is -2.17. The molecule has 11 heavy (non-hydrogen) atoms. The van der Waals surface area contributed by atoms with Crippen molar-refractivity contribution in [3.05, 3.63) is 0 Å². The fraction of sp³-hybridized carbons (Fsp3) is 1.00. The van der Waals surface area contributed by atoms with E-state index in [2.05, 4.69) is 32.7 Å². The summed E-state index contributed by atoms with van der Waals surface area (Å²) in [6.45, 7) is 12.5. The number of rotatable bonds is 5. The van der Waals surface area contributed by atoms with Crippen LogP contribution in [0.15, 0.2) is 0 Å². The van der Waals surface area contributed by atoms with Crippen molar-refractivity contribution in [2.24, 2.45) is 0 Å². The van der Waals surface area contributed by atoms with Crippen LogP contribution in [0.5, 0.6) is 0 Å². The van der Waals surface area contributed by atoms with Crippen molar-refractivity contribution < 1.29 is 8.85 Å². The quantitative estimate of drug-likeness (QED) is 0.489. The van der Waals surface area contributed by atoms with Crippen LogP contribution in [0.25, 0.3) is 0 Å². The minimum absolute atomic E-state index is 0.779. The first-order valence-electron chi connectivity index (χ1n) is 4.17. The van der Waals surface area contributed by atoms with E-state index in [1.165, 1.54) is 0 Å². The van der Waals surface area contributed by atoms with E-state index >= 15 is 0 Å². The third kappa shape index (κ3) is 10.4. The Morgan fingerprint density at radius 1 is 1.09 bits per heavy atom. The van der Waals surface area contributed by atoms with Gasteiger partial charge in [0.2, 0.25) is 0 Å². The third-order valence-electron chi connectivity index (χ3n) is 1.07. The van der Waals surface area contributed by atoms with Gasteiger partial charge >= 0.3 is 0 Å². The fourth-order valence-electron chi connectivity index (χ4n) is 0.632. The molecule has 0 aromatic carbocycles. The maximum absolute atomic E-state index is 5.62. The molecular formula is C7H20O2Si2. The molecule has 2 nitrogen and oxygen atoms in total. The van der Waals surface area contributed by atoms with E-state index in [9.17, 15) is 0 Å². The van der Waals surface area contributed by atoms with Gasteiger partial charge in [0, 0.05) is 0 Å². The van der Waals surface area contributed by atoms with Gasteiger partial charge in [0.25, 0.3) is 0 Å². The zero-order valence-corrected chi connectivity index (χ0v) is 10.5. The van der Waals surface area contributed by atoms with Gasteiger partial charge in [0.15, 0.2) is 17.4 Å². The molecule has 0 aromatic heterocycles. The Hall–Kier alpha value is 0.354. The smallest absolute Gasteiger partial charge is 0.183 e. The first-order chi connectivity index (χ1) is 4.92. The first kappa shape index (κ1) is 11.4. The third-order valence-corrected chi connectivity index (χ3v) is 3.04. The van der Waals surface area contributed by atoms with Gasteiger partial charge < -0.3 is 8.85 Å². The lowest BCUT2D eigenvalue weighted by molar-refractivity contribution is 0.214. The van der Waals surface area contributed by atoms with Crippen molar-refractivity contribution in [1.82, 2.24) is 0 Å². The van der Waals surface area contributed by atoms with E-state index in [0.717, 1.165) is 13.2 Å². The lowest BCUT2D eigenvalue weighted by Crippen LogP contribution is -2.28. The Balaban J connectivity index is 3.15. The molecule has 0 aliphatic rings. The van der Waals surface area contributed by atoms with Crippen molar-refractivity contribution in [3.8, 4) is 0 Å². The van der Waals surface area contributed by atoms with Gasteiger partial charge in [-0.2, -0.15) is 0 Å². The summed E-state index contributed by atoms with van der Waals surface area (Å²) in [5.41, 5.74) is 0. The molecule has 0 radical (unpaired) electrons. The van der Waals surface area contributed by atoms with E-state index in [-0.39, 0.29) is 0 Å². The molecule has 0 N–H and O–H groups in total. The molecule has 0 amide bonds. The zero-order valence-electron chi connectivity index (χ0n) is 8.31. The lowest BCUT2D eigenvalue weighted by atomic mass is 10.8. The highest BCUT2D eigenvalue weighted by Gasteiger charge is 2.13. The maximum atomic E-state index is 5.62. The Labute approximate surface area is 72.8 Å². The van der Waals surface area contributed by atoms with Gasteiger partial charge in [-0.25, -0.2) is 0 Å². The van der Waals surface area contributed by atoms with E-state index in [1.807, 2.05) is 0 Å². The van der Waals surface area contributed by atoms with Crippen LogP contribution in [-0.2, 0) is 8.85 Å². The predicted octanol–water partition coefficient (Wildman–Crippen LogP) is 1.84. The summed E-state index contributed by atoms with van der Waals surface area (Å²) in [5.74, 6) is 0. The minimum Gasteiger partial charge on any atom is -0.418 e. The summed E-state index contributed by atoms with van der Waals surface area (Å²) in [6, 6.07) is 0. The predicted molar refractivity (Wildman–Crippen MR) is 54.1 cm³/mol. The van der Waals surface area contributed by atoms with Crippen LogP contribution in [0.3, 0.4) is 0 Å². The number of hydrogen-bond donors (Lipinski definition) is 0. The number of hydrogen-bond acceptors (Lipinski definition) is 2. The fourth-order valence-corrected chi connectivity index (χ4v) is 1.90. The molecule has 0 aliphatic heterocycles. The molecule has 0 fully saturated rings. The van der Waals surface area contributed by atoms with Gasteiger partial charge in [-0.1, -0.05) is 0 Å². The van der Waals surface area contributed by atoms with Crippen LogP contribution in [-0.4, -0.2) is 30.6 Å². The van der Waals surface area contributed by atoms with Crippen molar-refractivity contribution in [3.63, 3.8) is 0 Å². The monoisotopic (exact) mass is 192 g/mol. The average Bonchev–Trinajstić information content (AvgIpc) is 1.78. The highest BCUT2D eigenvalue weighted by Crippen LogP contribution is 2.01. The van der Waals surface area contributed by atoms with Gasteiger partial charge in [0.1, 0.15) is 0 Å². The van der Waals surface area contributed by atoms with Crippen LogP contribution in [0.1, 0.15) is 0 Å². The van der Waals surface area contributed by atoms with Crippen LogP contribution in [0.4, 0.5) is 0 Å². The Morgan fingerprint density at radius 3 is 2.00 bits per heavy atom. The molecule has 0 spiro atoms. The highest BCUT2D eigenvalue weighted by molar-refractivity contribution is 6.69. The van der Waals surface area contributed by atoms with E-state index in [1.54, 1.807) is 0 Å². The Kier molecular flexibility index (Phi) is 5.24. The molecular weight excluding hydrogens is 172 g/mol. The molecule has 4 heteroatoms. The second-order valence-corrected chi connectivity index (χ2v) is 10.8. The van der Waals surface area contributed by atoms with E-state index < -0.39 is 17.4 Å². The highest BCUT2D eigenvalue weighted by atomic mass is 28.4. The van der Waals surface area contributed by atoms with Crippen LogP contribution < -0.4 is 0 Å². The largest absolute Gasteiger partial charge is 0.418 e. The van der Waals surface area contributed by atoms with Crippen molar-refractivity contribution in [2.45, 2.75) is 32.7 Å². The average molecular weight is 192 g/mol. The van der Waals surface area contributed by atoms with Gasteiger partial charge in [0.05, 0.1) is 13.2 Å². The first-order valence-corrected chi connectivity index (χ1v) is 10.4. The summed E-state index contributed by atoms with van der Waals surface area (Å²) in [6.07, 6.45) is 0. The van der Waals surface area contributed by atoms with Crippen molar-refractivity contribution in [2.75, 3.05) is 13.2 Å². The van der Waals surface area contributed by atoms with Gasteiger partial charge in [-0.05, 0) is 32.7 Å². The topological polar surface area (TPSA) is 18.5 Å². The van der Waals surface area contributed by atoms with Crippen molar-refractivity contribution in [1.29, 1.82) is 0 Å². The second-order valence-electron chi connectivity index (χ2n) is 3.88. The van der Waals surface area contributed by atoms with Crippen LogP contribution in [0, 0.1) is 0 Å². The summed E-state index contributed by atoms with van der Waals surface area (Å²) in [7, 11) is -2.11. The molecule has 0 atom stereocenters. The molecule has 0 saturated carbocycles. The molecule has 0 unspecified atom stereocenters. The van der Waals surface area contributed by atoms with Crippen LogP contribution >= 0.6 is 0 Å². The minimum atomic E-state index is -1.29. The summed E-state index contributed by atoms with van der Waals surface area (Å²) in [4.78, 5) is 0. The molecule has 0 bridgehead atoms. The Morgan fingerprint density at radius 2 is 1.64 bits per heavy atom. The zero-order chi connectivity index (χ0) is 8.91. The normalized spacial score (nSPS) is 12.5. The van der Waals surface area contributed by atoms with Crippen molar-refractivity contribution >= 4 is 17.4 Å². The van der Waals surface area contributed by atoms with Crippen LogP contribution in [0.2, 0.25) is 32.7 Å². The van der Waals surface area contributed by atoms with Gasteiger partial charge in [-0.15, -0.1) is 0 Å². The summed E-state index contributed by atoms with van der Waals surface area (Å²) < 4.78 is 11.1. The Bertz CT molecular complexity index is 99.1.